The van der Waals surface area contributed by atoms with Gasteiger partial charge in [0.2, 0.25) is 0 Å². The Morgan fingerprint density at radius 2 is 1.86 bits per heavy atom. The topological polar surface area (TPSA) is 69.8 Å². The fourth-order valence-corrected chi connectivity index (χ4v) is 1.83. The summed E-state index contributed by atoms with van der Waals surface area (Å²) in [6.07, 6.45) is -5.39. The minimum absolute atomic E-state index is 0.0754. The lowest BCUT2D eigenvalue weighted by Crippen LogP contribution is -2.32. The molecule has 21 heavy (non-hydrogen) atoms. The second kappa shape index (κ2) is 6.66. The van der Waals surface area contributed by atoms with Crippen molar-refractivity contribution in [2.24, 2.45) is 0 Å². The maximum Gasteiger partial charge on any atom is 0.416 e. The van der Waals surface area contributed by atoms with E-state index in [9.17, 15) is 18.0 Å². The zero-order chi connectivity index (χ0) is 16.2. The van der Waals surface area contributed by atoms with E-state index in [-0.39, 0.29) is 17.9 Å². The molecule has 0 radical (unpaired) electrons. The molecule has 0 saturated heterocycles. The Bertz CT molecular complexity index is 504. The number of hydrogen-bond acceptors (Lipinski definition) is 3. The highest BCUT2D eigenvalue weighted by molar-refractivity contribution is 5.87. The third-order valence-electron chi connectivity index (χ3n) is 2.80. The molecule has 0 spiro atoms. The molecular weight excluding hydrogens is 287 g/mol. The molecule has 3 N–H and O–H groups in total. The van der Waals surface area contributed by atoms with Gasteiger partial charge >= 0.3 is 12.3 Å². The summed E-state index contributed by atoms with van der Waals surface area (Å²) in [6, 6.07) is 2.79. The molecule has 1 aromatic carbocycles. The molecule has 5 nitrogen and oxygen atoms in total. The highest BCUT2D eigenvalue weighted by atomic mass is 19.4. The molecule has 0 aromatic heterocycles. The standard InChI is InChI=1S/C13H18F3N3O2/c1-18(2)4-3-5-19(12(20)21)11-7-9(13(14,15)16)6-10(17)8-11/h6-8H,3-5,17H2,1-2H3,(H,20,21). The van der Waals surface area contributed by atoms with Gasteiger partial charge in [-0.25, -0.2) is 4.79 Å². The maximum atomic E-state index is 12.7. The number of carboxylic acid groups (broad SMARTS) is 1. The van der Waals surface area contributed by atoms with Crippen LogP contribution in [0.5, 0.6) is 0 Å². The molecule has 1 amide bonds. The molecule has 0 aliphatic carbocycles. The van der Waals surface area contributed by atoms with Crippen LogP contribution in [-0.2, 0) is 6.18 Å². The number of anilines is 2. The highest BCUT2D eigenvalue weighted by Crippen LogP contribution is 2.33. The van der Waals surface area contributed by atoms with E-state index in [1.165, 1.54) is 6.07 Å². The Balaban J connectivity index is 3.03. The van der Waals surface area contributed by atoms with Gasteiger partial charge in [-0.15, -0.1) is 0 Å². The van der Waals surface area contributed by atoms with Crippen LogP contribution >= 0.6 is 0 Å². The van der Waals surface area contributed by atoms with Crippen LogP contribution in [0.4, 0.5) is 29.3 Å². The van der Waals surface area contributed by atoms with Crippen molar-refractivity contribution in [1.82, 2.24) is 4.90 Å². The lowest BCUT2D eigenvalue weighted by atomic mass is 10.1. The van der Waals surface area contributed by atoms with Crippen molar-refractivity contribution in [2.45, 2.75) is 12.6 Å². The molecule has 1 aromatic rings. The lowest BCUT2D eigenvalue weighted by molar-refractivity contribution is -0.137. The predicted molar refractivity (Wildman–Crippen MR) is 74.4 cm³/mol. The van der Waals surface area contributed by atoms with Crippen molar-refractivity contribution >= 4 is 17.5 Å². The summed E-state index contributed by atoms with van der Waals surface area (Å²) in [5.41, 5.74) is 4.28. The van der Waals surface area contributed by atoms with Crippen LogP contribution in [0.1, 0.15) is 12.0 Å². The molecule has 0 aliphatic rings. The largest absolute Gasteiger partial charge is 0.465 e. The first-order valence-electron chi connectivity index (χ1n) is 6.24. The molecule has 8 heteroatoms. The number of amides is 1. The Labute approximate surface area is 120 Å². The van der Waals surface area contributed by atoms with Gasteiger partial charge in [0.1, 0.15) is 0 Å². The molecule has 0 atom stereocenters. The van der Waals surface area contributed by atoms with E-state index in [0.29, 0.717) is 13.0 Å². The van der Waals surface area contributed by atoms with Gasteiger partial charge < -0.3 is 15.7 Å². The quantitative estimate of drug-likeness (QED) is 0.821. The van der Waals surface area contributed by atoms with Crippen molar-refractivity contribution in [3.8, 4) is 0 Å². The first-order chi connectivity index (χ1) is 9.61. The Hall–Kier alpha value is -1.96. The summed E-state index contributed by atoms with van der Waals surface area (Å²) >= 11 is 0. The maximum absolute atomic E-state index is 12.7. The van der Waals surface area contributed by atoms with Crippen LogP contribution in [0.2, 0.25) is 0 Å². The first-order valence-corrected chi connectivity index (χ1v) is 6.24. The summed E-state index contributed by atoms with van der Waals surface area (Å²) in [7, 11) is 3.65. The SMILES string of the molecule is CN(C)CCCN(C(=O)O)c1cc(N)cc(C(F)(F)F)c1. The summed E-state index contributed by atoms with van der Waals surface area (Å²) in [4.78, 5) is 14.0. The van der Waals surface area contributed by atoms with E-state index in [1.807, 2.05) is 19.0 Å². The van der Waals surface area contributed by atoms with Gasteiger partial charge in [-0.1, -0.05) is 0 Å². The average molecular weight is 305 g/mol. The highest BCUT2D eigenvalue weighted by Gasteiger charge is 2.32. The number of carbonyl (C=O) groups is 1. The average Bonchev–Trinajstić information content (AvgIpc) is 2.31. The van der Waals surface area contributed by atoms with Crippen LogP contribution in [0.15, 0.2) is 18.2 Å². The summed E-state index contributed by atoms with van der Waals surface area (Å²) in [5, 5.41) is 9.17. The number of rotatable bonds is 5. The van der Waals surface area contributed by atoms with E-state index >= 15 is 0 Å². The van der Waals surface area contributed by atoms with E-state index in [0.717, 1.165) is 17.0 Å². The van der Waals surface area contributed by atoms with E-state index in [2.05, 4.69) is 0 Å². The van der Waals surface area contributed by atoms with E-state index in [4.69, 9.17) is 10.8 Å². The second-order valence-corrected chi connectivity index (χ2v) is 4.90. The molecule has 0 aliphatic heterocycles. The van der Waals surface area contributed by atoms with Gasteiger partial charge in [0.05, 0.1) is 5.56 Å². The number of hydrogen-bond donors (Lipinski definition) is 2. The Morgan fingerprint density at radius 1 is 1.24 bits per heavy atom. The van der Waals surface area contributed by atoms with Gasteiger partial charge in [-0.05, 0) is 45.3 Å². The summed E-state index contributed by atoms with van der Waals surface area (Å²) < 4.78 is 38.2. The van der Waals surface area contributed by atoms with Gasteiger partial charge in [0.15, 0.2) is 0 Å². The number of benzene rings is 1. The third-order valence-corrected chi connectivity index (χ3v) is 2.80. The number of halogens is 3. The number of nitrogen functional groups attached to an aromatic ring is 1. The molecule has 0 unspecified atom stereocenters. The van der Waals surface area contributed by atoms with Gasteiger partial charge in [-0.2, -0.15) is 13.2 Å². The number of nitrogens with two attached hydrogens (primary N) is 1. The fraction of sp³-hybridized carbons (Fsp3) is 0.462. The Kier molecular flexibility index (Phi) is 5.42. The molecule has 0 saturated carbocycles. The molecule has 0 bridgehead atoms. The van der Waals surface area contributed by atoms with Gasteiger partial charge in [0.25, 0.3) is 0 Å². The van der Waals surface area contributed by atoms with Crippen LogP contribution in [0.25, 0.3) is 0 Å². The van der Waals surface area contributed by atoms with Crippen LogP contribution < -0.4 is 10.6 Å². The molecular formula is C13H18F3N3O2. The zero-order valence-corrected chi connectivity index (χ0v) is 11.8. The van der Waals surface area contributed by atoms with E-state index in [1.54, 1.807) is 0 Å². The van der Waals surface area contributed by atoms with Crippen LogP contribution in [0, 0.1) is 0 Å². The lowest BCUT2D eigenvalue weighted by Gasteiger charge is -2.22. The number of alkyl halides is 3. The fourth-order valence-electron chi connectivity index (χ4n) is 1.83. The summed E-state index contributed by atoms with van der Waals surface area (Å²) in [6.45, 7) is 0.715. The first kappa shape index (κ1) is 17.1. The van der Waals surface area contributed by atoms with E-state index < -0.39 is 17.8 Å². The minimum Gasteiger partial charge on any atom is -0.465 e. The number of nitrogens with zero attached hydrogens (tertiary/aromatic N) is 2. The second-order valence-electron chi connectivity index (χ2n) is 4.90. The smallest absolute Gasteiger partial charge is 0.416 e. The molecule has 0 fully saturated rings. The zero-order valence-electron chi connectivity index (χ0n) is 11.8. The molecule has 0 heterocycles. The van der Waals surface area contributed by atoms with Gasteiger partial charge in [0, 0.05) is 17.9 Å². The van der Waals surface area contributed by atoms with Gasteiger partial charge in [-0.3, -0.25) is 4.90 Å². The van der Waals surface area contributed by atoms with Crippen molar-refractivity contribution in [2.75, 3.05) is 37.8 Å². The van der Waals surface area contributed by atoms with Crippen molar-refractivity contribution < 1.29 is 23.1 Å². The van der Waals surface area contributed by atoms with Crippen LogP contribution in [-0.4, -0.2) is 43.3 Å². The monoisotopic (exact) mass is 305 g/mol. The molecule has 118 valence electrons. The summed E-state index contributed by atoms with van der Waals surface area (Å²) in [5.74, 6) is 0. The van der Waals surface area contributed by atoms with Crippen molar-refractivity contribution in [3.05, 3.63) is 23.8 Å². The predicted octanol–water partition coefficient (Wildman–Crippen LogP) is 2.72. The third kappa shape index (κ3) is 5.14. The molecule has 1 rings (SSSR count). The van der Waals surface area contributed by atoms with Crippen LogP contribution in [0.3, 0.4) is 0 Å². The van der Waals surface area contributed by atoms with Crippen molar-refractivity contribution in [3.63, 3.8) is 0 Å². The van der Waals surface area contributed by atoms with Crippen molar-refractivity contribution in [1.29, 1.82) is 0 Å². The Morgan fingerprint density at radius 3 is 2.33 bits per heavy atom. The minimum atomic E-state index is -4.57. The normalized spacial score (nSPS) is 11.7.